The van der Waals surface area contributed by atoms with Crippen molar-refractivity contribution in [2.24, 2.45) is 7.05 Å². The van der Waals surface area contributed by atoms with Gasteiger partial charge in [-0.2, -0.15) is 0 Å². The second-order valence-electron chi connectivity index (χ2n) is 7.24. The predicted octanol–water partition coefficient (Wildman–Crippen LogP) is 3.35. The van der Waals surface area contributed by atoms with Crippen LogP contribution in [0.3, 0.4) is 0 Å². The van der Waals surface area contributed by atoms with Crippen molar-refractivity contribution in [1.29, 1.82) is 0 Å². The quantitative estimate of drug-likeness (QED) is 0.521. The molecule has 0 radical (unpaired) electrons. The normalized spacial score (nSPS) is 10.7. The zero-order valence-electron chi connectivity index (χ0n) is 18.7. The van der Waals surface area contributed by atoms with Crippen molar-refractivity contribution >= 4 is 22.7 Å². The van der Waals surface area contributed by atoms with Crippen LogP contribution in [0.5, 0.6) is 11.5 Å². The van der Waals surface area contributed by atoms with Gasteiger partial charge in [-0.1, -0.05) is 0 Å². The van der Waals surface area contributed by atoms with Crippen LogP contribution in [0.4, 0.5) is 0 Å². The number of hydrogen-bond donors (Lipinski definition) is 0. The summed E-state index contributed by atoms with van der Waals surface area (Å²) in [5.74, 6) is 0.147. The van der Waals surface area contributed by atoms with Crippen molar-refractivity contribution in [3.63, 3.8) is 0 Å². The summed E-state index contributed by atoms with van der Waals surface area (Å²) in [6.07, 6.45) is 1.67. The van der Waals surface area contributed by atoms with Gasteiger partial charge in [0, 0.05) is 38.7 Å². The average Bonchev–Trinajstić information content (AvgIpc) is 2.76. The van der Waals surface area contributed by atoms with Crippen LogP contribution in [-0.4, -0.2) is 30.7 Å². The fraction of sp³-hybridized carbons (Fsp3) is 0.292. The number of rotatable bonds is 7. The Hall–Kier alpha value is -3.81. The fourth-order valence-electron chi connectivity index (χ4n) is 3.51. The smallest absolute Gasteiger partial charge is 0.302 e. The second-order valence-corrected chi connectivity index (χ2v) is 7.24. The van der Waals surface area contributed by atoms with Crippen molar-refractivity contribution in [3.05, 3.63) is 58.0 Å². The number of aromatic nitrogens is 1. The minimum absolute atomic E-state index is 0.0198. The standard InChI is InChI=1S/C24H25NO7/c1-14(26)31-12-18-8-17-9-21(29-4)22(30-5)11-19(17)24(20(18)13-32-15(2)27)16-6-7-25(3)23(28)10-16/h6-11H,12-13H2,1-5H3. The van der Waals surface area contributed by atoms with E-state index in [9.17, 15) is 14.4 Å². The highest BCUT2D eigenvalue weighted by Gasteiger charge is 2.20. The molecular formula is C24H25NO7. The first-order chi connectivity index (χ1) is 15.2. The van der Waals surface area contributed by atoms with Crippen LogP contribution < -0.4 is 15.0 Å². The van der Waals surface area contributed by atoms with Gasteiger partial charge in [0.1, 0.15) is 13.2 Å². The Bertz CT molecular complexity index is 1240. The van der Waals surface area contributed by atoms with Crippen molar-refractivity contribution in [1.82, 2.24) is 4.57 Å². The molecular weight excluding hydrogens is 414 g/mol. The summed E-state index contributed by atoms with van der Waals surface area (Å²) in [6, 6.07) is 8.79. The molecule has 32 heavy (non-hydrogen) atoms. The zero-order valence-corrected chi connectivity index (χ0v) is 18.7. The molecule has 0 amide bonds. The molecule has 0 aliphatic heterocycles. The Labute approximate surface area is 185 Å². The summed E-state index contributed by atoms with van der Waals surface area (Å²) in [4.78, 5) is 35.5. The molecule has 0 aliphatic rings. The first kappa shape index (κ1) is 22.9. The second kappa shape index (κ2) is 9.55. The van der Waals surface area contributed by atoms with Crippen LogP contribution in [0.25, 0.3) is 21.9 Å². The van der Waals surface area contributed by atoms with Crippen molar-refractivity contribution < 1.29 is 28.5 Å². The van der Waals surface area contributed by atoms with Gasteiger partial charge in [0.2, 0.25) is 0 Å². The van der Waals surface area contributed by atoms with Gasteiger partial charge in [0.05, 0.1) is 14.2 Å². The summed E-state index contributed by atoms with van der Waals surface area (Å²) >= 11 is 0. The van der Waals surface area contributed by atoms with Crippen molar-refractivity contribution in [2.75, 3.05) is 14.2 Å². The van der Waals surface area contributed by atoms with Gasteiger partial charge in [-0.05, 0) is 51.7 Å². The number of carbonyl (C=O) groups is 2. The molecule has 0 aliphatic carbocycles. The maximum atomic E-state index is 12.4. The number of fused-ring (bicyclic) bond motifs is 1. The Balaban J connectivity index is 2.41. The van der Waals surface area contributed by atoms with Gasteiger partial charge in [0.15, 0.2) is 11.5 Å². The monoisotopic (exact) mass is 439 g/mol. The Morgan fingerprint density at radius 1 is 0.906 bits per heavy atom. The number of nitrogens with zero attached hydrogens (tertiary/aromatic N) is 1. The maximum Gasteiger partial charge on any atom is 0.302 e. The number of hydrogen-bond acceptors (Lipinski definition) is 7. The molecule has 168 valence electrons. The number of carbonyl (C=O) groups excluding carboxylic acids is 2. The van der Waals surface area contributed by atoms with Gasteiger partial charge in [-0.15, -0.1) is 0 Å². The molecule has 1 aromatic heterocycles. The van der Waals surface area contributed by atoms with Crippen LogP contribution >= 0.6 is 0 Å². The molecule has 0 bridgehead atoms. The van der Waals surface area contributed by atoms with E-state index in [1.165, 1.54) is 31.6 Å². The number of ether oxygens (including phenoxy) is 4. The highest BCUT2D eigenvalue weighted by Crippen LogP contribution is 2.40. The van der Waals surface area contributed by atoms with E-state index in [-0.39, 0.29) is 18.8 Å². The number of aryl methyl sites for hydroxylation is 1. The summed E-state index contributed by atoms with van der Waals surface area (Å²) in [7, 11) is 4.74. The Morgan fingerprint density at radius 3 is 2.12 bits per heavy atom. The van der Waals surface area contributed by atoms with Gasteiger partial charge in [-0.3, -0.25) is 14.4 Å². The minimum Gasteiger partial charge on any atom is -0.493 e. The van der Waals surface area contributed by atoms with Gasteiger partial charge in [0.25, 0.3) is 5.56 Å². The molecule has 3 rings (SSSR count). The van der Waals surface area contributed by atoms with E-state index in [1.807, 2.05) is 18.2 Å². The lowest BCUT2D eigenvalue weighted by atomic mass is 9.90. The number of pyridine rings is 1. The van der Waals surface area contributed by atoms with E-state index >= 15 is 0 Å². The van der Waals surface area contributed by atoms with Crippen molar-refractivity contribution in [3.8, 4) is 22.6 Å². The van der Waals surface area contributed by atoms with Gasteiger partial charge in [-0.25, -0.2) is 0 Å². The fourth-order valence-corrected chi connectivity index (χ4v) is 3.51. The van der Waals surface area contributed by atoms with Crippen LogP contribution in [-0.2, 0) is 39.3 Å². The van der Waals surface area contributed by atoms with E-state index in [0.29, 0.717) is 33.8 Å². The first-order valence-electron chi connectivity index (χ1n) is 9.89. The molecule has 0 N–H and O–H groups in total. The average molecular weight is 439 g/mol. The Morgan fingerprint density at radius 2 is 1.53 bits per heavy atom. The third-order valence-corrected chi connectivity index (χ3v) is 5.09. The summed E-state index contributed by atoms with van der Waals surface area (Å²) in [5, 5.41) is 1.55. The zero-order chi connectivity index (χ0) is 23.4. The van der Waals surface area contributed by atoms with Crippen molar-refractivity contribution in [2.45, 2.75) is 27.1 Å². The topological polar surface area (TPSA) is 93.1 Å². The molecule has 0 spiro atoms. The molecule has 8 heteroatoms. The highest BCUT2D eigenvalue weighted by atomic mass is 16.5. The summed E-state index contributed by atoms with van der Waals surface area (Å²) < 4.78 is 23.0. The van der Waals surface area contributed by atoms with E-state index < -0.39 is 11.9 Å². The lowest BCUT2D eigenvalue weighted by molar-refractivity contribution is -0.143. The third kappa shape index (κ3) is 4.74. The first-order valence-corrected chi connectivity index (χ1v) is 9.89. The molecule has 0 unspecified atom stereocenters. The van der Waals surface area contributed by atoms with Crippen LogP contribution in [0.2, 0.25) is 0 Å². The SMILES string of the molecule is COc1cc2cc(COC(C)=O)c(COC(C)=O)c(-c3ccn(C)c(=O)c3)c2cc1OC. The number of esters is 2. The Kier molecular flexibility index (Phi) is 6.82. The molecule has 0 saturated heterocycles. The predicted molar refractivity (Wildman–Crippen MR) is 119 cm³/mol. The maximum absolute atomic E-state index is 12.4. The van der Waals surface area contributed by atoms with E-state index in [1.54, 1.807) is 26.4 Å². The molecule has 0 atom stereocenters. The van der Waals surface area contributed by atoms with Crippen LogP contribution in [0.15, 0.2) is 41.3 Å². The molecule has 2 aromatic carbocycles. The van der Waals surface area contributed by atoms with E-state index in [0.717, 1.165) is 10.8 Å². The largest absolute Gasteiger partial charge is 0.493 e. The van der Waals surface area contributed by atoms with Gasteiger partial charge < -0.3 is 23.5 Å². The summed E-state index contributed by atoms with van der Waals surface area (Å²) in [5.41, 5.74) is 2.41. The third-order valence-electron chi connectivity index (χ3n) is 5.09. The van der Waals surface area contributed by atoms with Crippen LogP contribution in [0, 0.1) is 0 Å². The summed E-state index contributed by atoms with van der Waals surface area (Å²) in [6.45, 7) is 2.57. The highest BCUT2D eigenvalue weighted by molar-refractivity contribution is 6.01. The minimum atomic E-state index is -0.453. The van der Waals surface area contributed by atoms with E-state index in [4.69, 9.17) is 18.9 Å². The molecule has 1 heterocycles. The lowest BCUT2D eigenvalue weighted by Gasteiger charge is -2.20. The molecule has 0 fully saturated rings. The molecule has 0 saturated carbocycles. The molecule has 8 nitrogen and oxygen atoms in total. The number of methoxy groups -OCH3 is 2. The number of benzene rings is 2. The van der Waals surface area contributed by atoms with Crippen LogP contribution in [0.1, 0.15) is 25.0 Å². The molecule has 3 aromatic rings. The lowest BCUT2D eigenvalue weighted by Crippen LogP contribution is -2.15. The van der Waals surface area contributed by atoms with Gasteiger partial charge >= 0.3 is 11.9 Å². The van der Waals surface area contributed by atoms with E-state index in [2.05, 4.69) is 0 Å².